The summed E-state index contributed by atoms with van der Waals surface area (Å²) >= 11 is 1.24. The summed E-state index contributed by atoms with van der Waals surface area (Å²) in [6, 6.07) is 18.6. The van der Waals surface area contributed by atoms with E-state index in [0.717, 1.165) is 5.56 Å². The molecule has 0 saturated heterocycles. The van der Waals surface area contributed by atoms with Gasteiger partial charge in [-0.2, -0.15) is 0 Å². The monoisotopic (exact) mass is 552 g/mol. The molecule has 0 fully saturated rings. The number of thiazole rings is 1. The SMILES string of the molecule is C=CCOC(=O)C1=C(C)N=c2s/c(=C/C=C/c3ccccc3)c(=O)n2[C@@H]1c1ccc(OC(=O)c2ccco2)cc1. The van der Waals surface area contributed by atoms with E-state index in [1.807, 2.05) is 42.5 Å². The van der Waals surface area contributed by atoms with Gasteiger partial charge in [-0.1, -0.05) is 78.6 Å². The number of aromatic nitrogens is 1. The van der Waals surface area contributed by atoms with Crippen molar-refractivity contribution >= 4 is 35.4 Å². The molecule has 1 aliphatic heterocycles. The molecule has 0 spiro atoms. The van der Waals surface area contributed by atoms with Gasteiger partial charge in [0.2, 0.25) is 5.76 Å². The molecular formula is C31H24N2O6S. The molecule has 2 aromatic carbocycles. The molecular weight excluding hydrogens is 528 g/mol. The van der Waals surface area contributed by atoms with E-state index < -0.39 is 18.0 Å². The summed E-state index contributed by atoms with van der Waals surface area (Å²) in [6.45, 7) is 5.32. The predicted octanol–water partition coefficient (Wildman–Crippen LogP) is 4.44. The Morgan fingerprint density at radius 1 is 1.07 bits per heavy atom. The number of allylic oxidation sites excluding steroid dienone is 2. The molecule has 8 nitrogen and oxygen atoms in total. The Morgan fingerprint density at radius 3 is 2.55 bits per heavy atom. The molecule has 0 bridgehead atoms. The van der Waals surface area contributed by atoms with Crippen LogP contribution in [0.1, 0.15) is 34.6 Å². The second-order valence-electron chi connectivity index (χ2n) is 8.70. The van der Waals surface area contributed by atoms with E-state index in [1.165, 1.54) is 34.3 Å². The molecule has 40 heavy (non-hydrogen) atoms. The van der Waals surface area contributed by atoms with Gasteiger partial charge in [-0.25, -0.2) is 14.6 Å². The van der Waals surface area contributed by atoms with E-state index in [1.54, 1.807) is 43.3 Å². The normalized spacial score (nSPS) is 15.0. The fourth-order valence-corrected chi connectivity index (χ4v) is 5.20. The summed E-state index contributed by atoms with van der Waals surface area (Å²) < 4.78 is 17.8. The molecule has 0 radical (unpaired) electrons. The first-order chi connectivity index (χ1) is 19.5. The van der Waals surface area contributed by atoms with Crippen LogP contribution in [0.15, 0.2) is 117 Å². The average Bonchev–Trinajstić information content (AvgIpc) is 3.61. The van der Waals surface area contributed by atoms with Gasteiger partial charge in [-0.3, -0.25) is 9.36 Å². The summed E-state index contributed by atoms with van der Waals surface area (Å²) in [7, 11) is 0. The molecule has 0 amide bonds. The van der Waals surface area contributed by atoms with Crippen molar-refractivity contribution in [2.75, 3.05) is 6.61 Å². The Hall–Kier alpha value is -5.02. The number of carbonyl (C=O) groups is 2. The fraction of sp³-hybridized carbons (Fsp3) is 0.0968. The predicted molar refractivity (Wildman–Crippen MR) is 151 cm³/mol. The molecule has 5 rings (SSSR count). The Kier molecular flexibility index (Phi) is 7.84. The maximum absolute atomic E-state index is 13.6. The first-order valence-electron chi connectivity index (χ1n) is 12.3. The second kappa shape index (κ2) is 11.8. The molecule has 2 aromatic heterocycles. The number of benzene rings is 2. The molecule has 1 atom stereocenters. The zero-order valence-corrected chi connectivity index (χ0v) is 22.3. The largest absolute Gasteiger partial charge is 0.458 e. The Morgan fingerprint density at radius 2 is 1.85 bits per heavy atom. The Balaban J connectivity index is 1.54. The Labute approximate surface area is 233 Å². The smallest absolute Gasteiger partial charge is 0.379 e. The third-order valence-electron chi connectivity index (χ3n) is 6.04. The third-order valence-corrected chi connectivity index (χ3v) is 7.04. The highest BCUT2D eigenvalue weighted by Crippen LogP contribution is 2.31. The standard InChI is InChI=1S/C31H24N2O6S/c1-3-18-38-30(36)26-20(2)32-31-33(28(34)25(40-31)13-7-11-21-9-5-4-6-10-21)27(26)22-14-16-23(17-15-22)39-29(35)24-12-8-19-37-24/h3-17,19,27H,1,18H2,2H3/b11-7+,25-13+/t27-/m1/s1. The zero-order chi connectivity index (χ0) is 28.1. The lowest BCUT2D eigenvalue weighted by atomic mass is 9.96. The van der Waals surface area contributed by atoms with Gasteiger partial charge >= 0.3 is 11.9 Å². The summed E-state index contributed by atoms with van der Waals surface area (Å²) in [5, 5.41) is 0. The van der Waals surface area contributed by atoms with Crippen molar-refractivity contribution in [3.63, 3.8) is 0 Å². The van der Waals surface area contributed by atoms with Gasteiger partial charge in [0.1, 0.15) is 12.4 Å². The van der Waals surface area contributed by atoms with E-state index in [0.29, 0.717) is 20.6 Å². The van der Waals surface area contributed by atoms with E-state index in [-0.39, 0.29) is 29.2 Å². The van der Waals surface area contributed by atoms with E-state index in [2.05, 4.69) is 11.6 Å². The van der Waals surface area contributed by atoms with Crippen molar-refractivity contribution in [3.05, 3.63) is 140 Å². The highest BCUT2D eigenvalue weighted by Gasteiger charge is 2.33. The van der Waals surface area contributed by atoms with E-state index in [4.69, 9.17) is 13.9 Å². The quantitative estimate of drug-likeness (QED) is 0.182. The lowest BCUT2D eigenvalue weighted by molar-refractivity contribution is -0.138. The van der Waals surface area contributed by atoms with Gasteiger partial charge in [0.05, 0.1) is 28.1 Å². The molecule has 4 aromatic rings. The summed E-state index contributed by atoms with van der Waals surface area (Å²) in [6.07, 6.45) is 8.31. The van der Waals surface area contributed by atoms with E-state index in [9.17, 15) is 14.4 Å². The minimum atomic E-state index is -0.802. The maximum Gasteiger partial charge on any atom is 0.379 e. The molecule has 200 valence electrons. The van der Waals surface area contributed by atoms with Gasteiger partial charge in [0.25, 0.3) is 5.56 Å². The molecule has 0 saturated carbocycles. The highest BCUT2D eigenvalue weighted by molar-refractivity contribution is 7.07. The van der Waals surface area contributed by atoms with Crippen LogP contribution in [0.4, 0.5) is 0 Å². The van der Waals surface area contributed by atoms with Crippen LogP contribution < -0.4 is 19.6 Å². The first-order valence-corrected chi connectivity index (χ1v) is 13.2. The number of nitrogens with zero attached hydrogens (tertiary/aromatic N) is 2. The minimum absolute atomic E-state index is 0.0126. The molecule has 3 heterocycles. The number of hydrogen-bond donors (Lipinski definition) is 0. The van der Waals surface area contributed by atoms with Crippen molar-refractivity contribution in [3.8, 4) is 5.75 Å². The van der Waals surface area contributed by atoms with Crippen LogP contribution in [0, 0.1) is 0 Å². The molecule has 0 aliphatic carbocycles. The molecule has 1 aliphatic rings. The minimum Gasteiger partial charge on any atom is -0.458 e. The number of fused-ring (bicyclic) bond motifs is 1. The van der Waals surface area contributed by atoms with Crippen LogP contribution in [0.3, 0.4) is 0 Å². The van der Waals surface area contributed by atoms with E-state index >= 15 is 0 Å². The Bertz CT molecular complexity index is 1790. The van der Waals surface area contributed by atoms with Crippen LogP contribution in [-0.2, 0) is 9.53 Å². The lowest BCUT2D eigenvalue weighted by Crippen LogP contribution is -2.39. The van der Waals surface area contributed by atoms with Crippen LogP contribution in [-0.4, -0.2) is 23.1 Å². The number of esters is 2. The summed E-state index contributed by atoms with van der Waals surface area (Å²) in [5.41, 5.74) is 2.01. The number of rotatable bonds is 8. The topological polar surface area (TPSA) is 100 Å². The van der Waals surface area contributed by atoms with Gasteiger partial charge in [0, 0.05) is 0 Å². The highest BCUT2D eigenvalue weighted by atomic mass is 32.1. The number of ether oxygens (including phenoxy) is 2. The lowest BCUT2D eigenvalue weighted by Gasteiger charge is -2.24. The molecule has 9 heteroatoms. The van der Waals surface area contributed by atoms with Crippen LogP contribution in [0.2, 0.25) is 0 Å². The van der Waals surface area contributed by atoms with Gasteiger partial charge < -0.3 is 13.9 Å². The van der Waals surface area contributed by atoms with Gasteiger partial charge in [0.15, 0.2) is 4.80 Å². The first kappa shape index (κ1) is 26.6. The zero-order valence-electron chi connectivity index (χ0n) is 21.5. The summed E-state index contributed by atoms with van der Waals surface area (Å²) in [5.74, 6) is -0.889. The number of hydrogen-bond acceptors (Lipinski definition) is 8. The number of carbonyl (C=O) groups excluding carboxylic acids is 2. The van der Waals surface area contributed by atoms with Crippen molar-refractivity contribution in [1.29, 1.82) is 0 Å². The van der Waals surface area contributed by atoms with Gasteiger partial charge in [-0.05, 0) is 48.4 Å². The summed E-state index contributed by atoms with van der Waals surface area (Å²) in [4.78, 5) is 44.1. The van der Waals surface area contributed by atoms with Crippen LogP contribution >= 0.6 is 11.3 Å². The van der Waals surface area contributed by atoms with Crippen molar-refractivity contribution < 1.29 is 23.5 Å². The van der Waals surface area contributed by atoms with Crippen LogP contribution in [0.5, 0.6) is 5.75 Å². The van der Waals surface area contributed by atoms with Crippen molar-refractivity contribution in [2.24, 2.45) is 4.99 Å². The third kappa shape index (κ3) is 5.55. The van der Waals surface area contributed by atoms with Crippen molar-refractivity contribution in [1.82, 2.24) is 4.57 Å². The molecule has 0 unspecified atom stereocenters. The maximum atomic E-state index is 13.6. The fourth-order valence-electron chi connectivity index (χ4n) is 4.21. The average molecular weight is 553 g/mol. The molecule has 0 N–H and O–H groups in total. The van der Waals surface area contributed by atoms with Crippen molar-refractivity contribution in [2.45, 2.75) is 13.0 Å². The van der Waals surface area contributed by atoms with Gasteiger partial charge in [-0.15, -0.1) is 0 Å². The second-order valence-corrected chi connectivity index (χ2v) is 9.71. The number of furan rings is 1. The van der Waals surface area contributed by atoms with Crippen LogP contribution in [0.25, 0.3) is 12.2 Å².